The Morgan fingerprint density at radius 3 is 2.33 bits per heavy atom. The quantitative estimate of drug-likeness (QED) is 0.857. The van der Waals surface area contributed by atoms with E-state index >= 15 is 0 Å². The van der Waals surface area contributed by atoms with E-state index in [4.69, 9.17) is 0 Å². The molecule has 1 amide bonds. The lowest BCUT2D eigenvalue weighted by Gasteiger charge is -2.09. The van der Waals surface area contributed by atoms with Crippen molar-refractivity contribution in [2.75, 3.05) is 0 Å². The Balaban J connectivity index is 1.93. The van der Waals surface area contributed by atoms with E-state index in [1.807, 2.05) is 32.0 Å². The number of aromatic nitrogens is 1. The van der Waals surface area contributed by atoms with E-state index in [9.17, 15) is 9.59 Å². The number of pyridine rings is 1. The van der Waals surface area contributed by atoms with Crippen molar-refractivity contribution in [3.63, 3.8) is 0 Å². The number of carbonyl (C=O) groups is 1. The highest BCUT2D eigenvalue weighted by Crippen LogP contribution is 2.10. The Morgan fingerprint density at radius 2 is 1.75 bits per heavy atom. The fourth-order valence-corrected chi connectivity index (χ4v) is 2.80. The van der Waals surface area contributed by atoms with Crippen molar-refractivity contribution in [2.45, 2.75) is 47.1 Å². The average molecular weight is 326 g/mol. The summed E-state index contributed by atoms with van der Waals surface area (Å²) in [6.45, 7) is 8.37. The minimum absolute atomic E-state index is 0.0778. The van der Waals surface area contributed by atoms with Gasteiger partial charge in [0.1, 0.15) is 0 Å². The summed E-state index contributed by atoms with van der Waals surface area (Å²) in [5, 5.41) is 2.84. The second-order valence-corrected chi connectivity index (χ2v) is 6.81. The van der Waals surface area contributed by atoms with E-state index in [0.29, 0.717) is 17.9 Å². The van der Waals surface area contributed by atoms with Crippen molar-refractivity contribution < 1.29 is 4.79 Å². The second kappa shape index (κ2) is 7.95. The molecule has 0 spiro atoms. The van der Waals surface area contributed by atoms with Crippen molar-refractivity contribution in [2.24, 2.45) is 5.92 Å². The van der Waals surface area contributed by atoms with Gasteiger partial charge in [-0.25, -0.2) is 0 Å². The van der Waals surface area contributed by atoms with Crippen LogP contribution in [-0.4, -0.2) is 10.9 Å². The maximum atomic E-state index is 12.1. The van der Waals surface area contributed by atoms with Crippen LogP contribution in [0.3, 0.4) is 0 Å². The van der Waals surface area contributed by atoms with Gasteiger partial charge in [0.15, 0.2) is 0 Å². The molecule has 0 radical (unpaired) electrons. The second-order valence-electron chi connectivity index (χ2n) is 6.81. The maximum absolute atomic E-state index is 12.1. The first-order valence-electron chi connectivity index (χ1n) is 8.39. The van der Waals surface area contributed by atoms with Crippen LogP contribution in [0.4, 0.5) is 0 Å². The highest BCUT2D eigenvalue weighted by atomic mass is 16.1. The first-order valence-corrected chi connectivity index (χ1v) is 8.39. The van der Waals surface area contributed by atoms with Crippen LogP contribution in [-0.2, 0) is 24.2 Å². The van der Waals surface area contributed by atoms with E-state index in [1.54, 1.807) is 0 Å². The lowest BCUT2D eigenvalue weighted by molar-refractivity contribution is -0.120. The monoisotopic (exact) mass is 326 g/mol. The first kappa shape index (κ1) is 18.0. The van der Waals surface area contributed by atoms with Gasteiger partial charge in [0.25, 0.3) is 5.56 Å². The van der Waals surface area contributed by atoms with Gasteiger partial charge in [-0.05, 0) is 48.9 Å². The molecule has 0 aliphatic rings. The van der Waals surface area contributed by atoms with Crippen molar-refractivity contribution >= 4 is 5.91 Å². The lowest BCUT2D eigenvalue weighted by Crippen LogP contribution is -2.29. The number of H-pyrrole nitrogens is 1. The van der Waals surface area contributed by atoms with E-state index in [0.717, 1.165) is 23.2 Å². The summed E-state index contributed by atoms with van der Waals surface area (Å²) in [7, 11) is 0. The molecule has 1 heterocycles. The molecule has 1 aromatic carbocycles. The smallest absolute Gasteiger partial charge is 0.253 e. The molecule has 0 bridgehead atoms. The average Bonchev–Trinajstić information content (AvgIpc) is 2.47. The zero-order chi connectivity index (χ0) is 17.7. The molecule has 0 aliphatic heterocycles. The summed E-state index contributed by atoms with van der Waals surface area (Å²) in [6, 6.07) is 10.1. The minimum Gasteiger partial charge on any atom is -0.352 e. The number of hydrogen-bond acceptors (Lipinski definition) is 2. The van der Waals surface area contributed by atoms with E-state index < -0.39 is 0 Å². The van der Waals surface area contributed by atoms with Gasteiger partial charge in [0.05, 0.1) is 6.42 Å². The summed E-state index contributed by atoms with van der Waals surface area (Å²) in [6.07, 6.45) is 1.37. The molecule has 0 aliphatic carbocycles. The van der Waals surface area contributed by atoms with Gasteiger partial charge >= 0.3 is 0 Å². The number of nitrogens with one attached hydrogen (secondary N) is 2. The topological polar surface area (TPSA) is 62.0 Å². The normalized spacial score (nSPS) is 10.9. The Bertz CT molecular complexity index is 758. The molecule has 24 heavy (non-hydrogen) atoms. The van der Waals surface area contributed by atoms with Gasteiger partial charge < -0.3 is 10.3 Å². The highest BCUT2D eigenvalue weighted by Gasteiger charge is 2.08. The third-order valence-corrected chi connectivity index (χ3v) is 3.99. The Morgan fingerprint density at radius 1 is 1.12 bits per heavy atom. The van der Waals surface area contributed by atoms with Crippen LogP contribution in [0, 0.1) is 19.8 Å². The molecule has 2 rings (SSSR count). The minimum atomic E-state index is -0.133. The highest BCUT2D eigenvalue weighted by molar-refractivity contribution is 5.78. The molecular formula is C20H26N2O2. The number of benzene rings is 1. The lowest BCUT2D eigenvalue weighted by atomic mass is 10.0. The molecule has 0 saturated carbocycles. The zero-order valence-electron chi connectivity index (χ0n) is 14.9. The number of carbonyl (C=O) groups excluding carboxylic acids is 1. The van der Waals surface area contributed by atoms with Crippen molar-refractivity contribution in [1.82, 2.24) is 10.3 Å². The molecule has 1 aromatic heterocycles. The van der Waals surface area contributed by atoms with Crippen LogP contribution >= 0.6 is 0 Å². The Labute approximate surface area is 143 Å². The number of hydrogen-bond donors (Lipinski definition) is 2. The van der Waals surface area contributed by atoms with Crippen molar-refractivity contribution in [1.29, 1.82) is 0 Å². The number of aryl methyl sites for hydroxylation is 2. The van der Waals surface area contributed by atoms with E-state index in [1.165, 1.54) is 5.56 Å². The summed E-state index contributed by atoms with van der Waals surface area (Å²) in [5.41, 5.74) is 4.47. The van der Waals surface area contributed by atoms with Crippen molar-refractivity contribution in [3.8, 4) is 0 Å². The summed E-state index contributed by atoms with van der Waals surface area (Å²) >= 11 is 0. The number of rotatable bonds is 6. The Kier molecular flexibility index (Phi) is 5.96. The molecule has 2 N–H and O–H groups in total. The standard InChI is InChI=1S/C20H26N2O2/c1-13(2)9-16-5-7-17(8-6-16)11-19(23)21-12-18-14(3)10-15(4)22-20(18)24/h5-8,10,13H,9,11-12H2,1-4H3,(H,21,23)(H,22,24). The zero-order valence-corrected chi connectivity index (χ0v) is 14.9. The van der Waals surface area contributed by atoms with Crippen LogP contribution < -0.4 is 10.9 Å². The largest absolute Gasteiger partial charge is 0.352 e. The molecule has 0 atom stereocenters. The van der Waals surface area contributed by atoms with Gasteiger partial charge in [-0.2, -0.15) is 0 Å². The van der Waals surface area contributed by atoms with Crippen LogP contribution in [0.25, 0.3) is 0 Å². The van der Waals surface area contributed by atoms with Gasteiger partial charge in [-0.1, -0.05) is 38.1 Å². The molecule has 0 unspecified atom stereocenters. The van der Waals surface area contributed by atoms with Gasteiger partial charge in [0.2, 0.25) is 5.91 Å². The third kappa shape index (κ3) is 5.08. The van der Waals surface area contributed by atoms with Gasteiger partial charge in [-0.3, -0.25) is 9.59 Å². The predicted molar refractivity (Wildman–Crippen MR) is 97.1 cm³/mol. The summed E-state index contributed by atoms with van der Waals surface area (Å²) < 4.78 is 0. The van der Waals surface area contributed by atoms with Crippen LogP contribution in [0.5, 0.6) is 0 Å². The van der Waals surface area contributed by atoms with Gasteiger partial charge in [0, 0.05) is 17.8 Å². The molecular weight excluding hydrogens is 300 g/mol. The van der Waals surface area contributed by atoms with Crippen molar-refractivity contribution in [3.05, 3.63) is 68.6 Å². The van der Waals surface area contributed by atoms with E-state index in [2.05, 4.69) is 36.3 Å². The summed E-state index contributed by atoms with van der Waals surface area (Å²) in [5.74, 6) is 0.543. The molecule has 0 saturated heterocycles. The Hall–Kier alpha value is -2.36. The molecule has 4 heteroatoms. The molecule has 4 nitrogen and oxygen atoms in total. The van der Waals surface area contributed by atoms with Crippen LogP contribution in [0.2, 0.25) is 0 Å². The molecule has 2 aromatic rings. The van der Waals surface area contributed by atoms with Crippen LogP contribution in [0.1, 0.15) is 41.8 Å². The number of amides is 1. The fraction of sp³-hybridized carbons (Fsp3) is 0.400. The maximum Gasteiger partial charge on any atom is 0.253 e. The molecule has 128 valence electrons. The van der Waals surface area contributed by atoms with Gasteiger partial charge in [-0.15, -0.1) is 0 Å². The third-order valence-electron chi connectivity index (χ3n) is 3.99. The fourth-order valence-electron chi connectivity index (χ4n) is 2.80. The van der Waals surface area contributed by atoms with Crippen LogP contribution in [0.15, 0.2) is 35.1 Å². The summed E-state index contributed by atoms with van der Waals surface area (Å²) in [4.78, 5) is 26.8. The molecule has 0 fully saturated rings. The number of aromatic amines is 1. The SMILES string of the molecule is Cc1cc(C)c(CNC(=O)Cc2ccc(CC(C)C)cc2)c(=O)[nH]1. The first-order chi connectivity index (χ1) is 11.3. The van der Waals surface area contributed by atoms with E-state index in [-0.39, 0.29) is 18.0 Å². The predicted octanol–water partition coefficient (Wildman–Crippen LogP) is 3.05.